The Bertz CT molecular complexity index is 939. The Hall–Kier alpha value is -2.54. The van der Waals surface area contributed by atoms with Crippen molar-refractivity contribution >= 4 is 33.3 Å². The largest absolute Gasteiger partial charge is 0.481 e. The number of thiophene rings is 1. The maximum Gasteiger partial charge on any atom is 0.305 e. The minimum absolute atomic E-state index is 0.0799. The van der Waals surface area contributed by atoms with Crippen molar-refractivity contribution in [3.05, 3.63) is 35.0 Å². The Morgan fingerprint density at radius 1 is 1.36 bits per heavy atom. The van der Waals surface area contributed by atoms with Gasteiger partial charge in [-0.1, -0.05) is 0 Å². The molecule has 0 aliphatic heterocycles. The average Bonchev–Trinajstić information content (AvgIpc) is 3.20. The molecule has 0 atom stereocenters. The Kier molecular flexibility index (Phi) is 4.09. The van der Waals surface area contributed by atoms with E-state index in [0.717, 1.165) is 34.4 Å². The smallest absolute Gasteiger partial charge is 0.305 e. The topological polar surface area (TPSA) is 79.2 Å². The molecule has 1 aliphatic rings. The Labute approximate surface area is 149 Å². The number of aryl methyl sites for hydroxylation is 2. The highest BCUT2D eigenvalue weighted by atomic mass is 32.1. The number of carboxylic acid groups (broad SMARTS) is 1. The van der Waals surface area contributed by atoms with E-state index in [0.29, 0.717) is 12.4 Å². The van der Waals surface area contributed by atoms with Crippen molar-refractivity contribution < 1.29 is 9.90 Å². The predicted molar refractivity (Wildman–Crippen MR) is 98.2 cm³/mol. The highest BCUT2D eigenvalue weighted by Crippen LogP contribution is 2.41. The van der Waals surface area contributed by atoms with Gasteiger partial charge in [0.15, 0.2) is 5.82 Å². The highest BCUT2D eigenvalue weighted by Gasteiger charge is 2.24. The maximum atomic E-state index is 11.0. The van der Waals surface area contributed by atoms with E-state index in [1.54, 1.807) is 23.7 Å². The molecule has 0 bridgehead atoms. The molecule has 0 fully saturated rings. The van der Waals surface area contributed by atoms with E-state index in [-0.39, 0.29) is 6.42 Å². The number of anilines is 1. The van der Waals surface area contributed by atoms with E-state index in [1.807, 2.05) is 24.1 Å². The molecular weight excluding hydrogens is 336 g/mol. The zero-order valence-corrected chi connectivity index (χ0v) is 14.7. The van der Waals surface area contributed by atoms with E-state index in [4.69, 9.17) is 15.1 Å². The van der Waals surface area contributed by atoms with Crippen LogP contribution in [0.25, 0.3) is 21.6 Å². The molecule has 3 aromatic rings. The first-order chi connectivity index (χ1) is 12.1. The van der Waals surface area contributed by atoms with Crippen LogP contribution in [0.5, 0.6) is 0 Å². The van der Waals surface area contributed by atoms with Crippen LogP contribution in [-0.2, 0) is 17.6 Å². The lowest BCUT2D eigenvalue weighted by atomic mass is 10.1. The standard InChI is InChI=1S/C18H18N4O2S/c1-22(9-7-14(23)24)17-15-12-5-2-6-13(12)25-18(15)21-16(20-17)11-4-3-8-19-10-11/h3-4,8,10H,2,5-7,9H2,1H3,(H,23,24). The van der Waals surface area contributed by atoms with E-state index in [2.05, 4.69) is 4.98 Å². The molecule has 0 spiro atoms. The van der Waals surface area contributed by atoms with Gasteiger partial charge in [0.2, 0.25) is 0 Å². The number of carboxylic acids is 1. The summed E-state index contributed by atoms with van der Waals surface area (Å²) in [6.07, 6.45) is 6.86. The van der Waals surface area contributed by atoms with Crippen LogP contribution in [0.3, 0.4) is 0 Å². The van der Waals surface area contributed by atoms with E-state index < -0.39 is 5.97 Å². The summed E-state index contributed by atoms with van der Waals surface area (Å²) in [4.78, 5) is 29.0. The number of pyridine rings is 1. The van der Waals surface area contributed by atoms with Crippen molar-refractivity contribution in [1.82, 2.24) is 15.0 Å². The Balaban J connectivity index is 1.86. The predicted octanol–water partition coefficient (Wildman–Crippen LogP) is 3.15. The molecule has 4 rings (SSSR count). The van der Waals surface area contributed by atoms with Crippen molar-refractivity contribution in [3.63, 3.8) is 0 Å². The number of aliphatic carboxylic acids is 1. The highest BCUT2D eigenvalue weighted by molar-refractivity contribution is 7.19. The molecule has 1 N–H and O–H groups in total. The number of aromatic nitrogens is 3. The fourth-order valence-electron chi connectivity index (χ4n) is 3.25. The third-order valence-corrected chi connectivity index (χ3v) is 5.67. The van der Waals surface area contributed by atoms with Crippen LogP contribution >= 0.6 is 11.3 Å². The lowest BCUT2D eigenvalue weighted by Crippen LogP contribution is -2.22. The fraction of sp³-hybridized carbons (Fsp3) is 0.333. The molecule has 7 heteroatoms. The molecule has 0 aromatic carbocycles. The molecule has 6 nitrogen and oxygen atoms in total. The summed E-state index contributed by atoms with van der Waals surface area (Å²) in [5, 5.41) is 10.1. The minimum atomic E-state index is -0.805. The summed E-state index contributed by atoms with van der Waals surface area (Å²) in [5.74, 6) is 0.655. The summed E-state index contributed by atoms with van der Waals surface area (Å²) in [6, 6.07) is 3.81. The summed E-state index contributed by atoms with van der Waals surface area (Å²) in [5.41, 5.74) is 2.21. The van der Waals surface area contributed by atoms with Gasteiger partial charge in [0, 0.05) is 36.4 Å². The third-order valence-electron chi connectivity index (χ3n) is 4.49. The van der Waals surface area contributed by atoms with Gasteiger partial charge in [-0.15, -0.1) is 11.3 Å². The molecule has 0 amide bonds. The molecule has 25 heavy (non-hydrogen) atoms. The van der Waals surface area contributed by atoms with Crippen LogP contribution in [0, 0.1) is 0 Å². The molecule has 0 saturated carbocycles. The van der Waals surface area contributed by atoms with Gasteiger partial charge in [0.1, 0.15) is 10.6 Å². The monoisotopic (exact) mass is 354 g/mol. The number of fused-ring (bicyclic) bond motifs is 3. The van der Waals surface area contributed by atoms with Crippen LogP contribution in [0.2, 0.25) is 0 Å². The zero-order valence-electron chi connectivity index (χ0n) is 13.9. The normalized spacial score (nSPS) is 13.2. The zero-order chi connectivity index (χ0) is 17.4. The number of rotatable bonds is 5. The van der Waals surface area contributed by atoms with Crippen LogP contribution < -0.4 is 4.90 Å². The molecule has 0 radical (unpaired) electrons. The van der Waals surface area contributed by atoms with Crippen molar-refractivity contribution in [1.29, 1.82) is 0 Å². The van der Waals surface area contributed by atoms with Crippen LogP contribution in [0.4, 0.5) is 5.82 Å². The average molecular weight is 354 g/mol. The van der Waals surface area contributed by atoms with Crippen molar-refractivity contribution in [2.45, 2.75) is 25.7 Å². The number of carbonyl (C=O) groups is 1. The van der Waals surface area contributed by atoms with Gasteiger partial charge in [-0.2, -0.15) is 0 Å². The van der Waals surface area contributed by atoms with Crippen LogP contribution in [0.1, 0.15) is 23.3 Å². The summed E-state index contributed by atoms with van der Waals surface area (Å²) in [7, 11) is 1.90. The SMILES string of the molecule is CN(CCC(=O)O)c1nc(-c2cccnc2)nc2sc3c(c12)CCC3. The first-order valence-corrected chi connectivity index (χ1v) is 9.11. The van der Waals surface area contributed by atoms with E-state index >= 15 is 0 Å². The maximum absolute atomic E-state index is 11.0. The lowest BCUT2D eigenvalue weighted by Gasteiger charge is -2.19. The van der Waals surface area contributed by atoms with Gasteiger partial charge < -0.3 is 10.0 Å². The molecule has 1 aliphatic carbocycles. The van der Waals surface area contributed by atoms with Crippen LogP contribution in [-0.4, -0.2) is 39.6 Å². The molecule has 0 unspecified atom stereocenters. The molecule has 3 aromatic heterocycles. The van der Waals surface area contributed by atoms with Gasteiger partial charge in [0.05, 0.1) is 11.8 Å². The van der Waals surface area contributed by atoms with Gasteiger partial charge in [0.25, 0.3) is 0 Å². The molecular formula is C18H18N4O2S. The van der Waals surface area contributed by atoms with E-state index in [1.165, 1.54) is 16.9 Å². The second kappa shape index (κ2) is 6.40. The Morgan fingerprint density at radius 2 is 2.24 bits per heavy atom. The van der Waals surface area contributed by atoms with Crippen molar-refractivity contribution in [2.75, 3.05) is 18.5 Å². The van der Waals surface area contributed by atoms with Gasteiger partial charge >= 0.3 is 5.97 Å². The van der Waals surface area contributed by atoms with Gasteiger partial charge in [-0.25, -0.2) is 9.97 Å². The summed E-state index contributed by atoms with van der Waals surface area (Å²) in [6.45, 7) is 0.415. The Morgan fingerprint density at radius 3 is 3.00 bits per heavy atom. The molecule has 128 valence electrons. The first kappa shape index (κ1) is 16.0. The fourth-order valence-corrected chi connectivity index (χ4v) is 4.50. The van der Waals surface area contributed by atoms with Crippen molar-refractivity contribution in [2.24, 2.45) is 0 Å². The summed E-state index contributed by atoms with van der Waals surface area (Å²) >= 11 is 1.74. The number of hydrogen-bond acceptors (Lipinski definition) is 6. The minimum Gasteiger partial charge on any atom is -0.481 e. The lowest BCUT2D eigenvalue weighted by molar-refractivity contribution is -0.136. The quantitative estimate of drug-likeness (QED) is 0.758. The third kappa shape index (κ3) is 2.95. The summed E-state index contributed by atoms with van der Waals surface area (Å²) < 4.78 is 0. The second-order valence-corrected chi connectivity index (χ2v) is 7.30. The number of nitrogens with zero attached hydrogens (tertiary/aromatic N) is 4. The number of hydrogen-bond donors (Lipinski definition) is 1. The van der Waals surface area contributed by atoms with E-state index in [9.17, 15) is 4.79 Å². The molecule has 0 saturated heterocycles. The molecule has 3 heterocycles. The van der Waals surface area contributed by atoms with Crippen LogP contribution in [0.15, 0.2) is 24.5 Å². The van der Waals surface area contributed by atoms with Gasteiger partial charge in [-0.05, 0) is 37.0 Å². The second-order valence-electron chi connectivity index (χ2n) is 6.22. The van der Waals surface area contributed by atoms with Crippen molar-refractivity contribution in [3.8, 4) is 11.4 Å². The van der Waals surface area contributed by atoms with Gasteiger partial charge in [-0.3, -0.25) is 9.78 Å². The first-order valence-electron chi connectivity index (χ1n) is 8.29.